The second-order valence-corrected chi connectivity index (χ2v) is 4.73. The minimum atomic E-state index is -0.265. The van der Waals surface area contributed by atoms with Crippen LogP contribution in [0.2, 0.25) is 5.02 Å². The van der Waals surface area contributed by atoms with E-state index in [2.05, 4.69) is 10.3 Å². The van der Waals surface area contributed by atoms with Crippen LogP contribution in [0, 0.1) is 5.82 Å². The van der Waals surface area contributed by atoms with Gasteiger partial charge in [0.1, 0.15) is 5.82 Å². The van der Waals surface area contributed by atoms with Crippen LogP contribution in [0.25, 0.3) is 0 Å². The number of aromatic nitrogens is 1. The van der Waals surface area contributed by atoms with Crippen molar-refractivity contribution in [2.75, 3.05) is 6.54 Å². The third-order valence-corrected chi connectivity index (χ3v) is 3.39. The Labute approximate surface area is 108 Å². The van der Waals surface area contributed by atoms with Crippen LogP contribution in [0.3, 0.4) is 0 Å². The van der Waals surface area contributed by atoms with Crippen molar-refractivity contribution in [2.45, 2.75) is 13.0 Å². The second kappa shape index (κ2) is 6.10. The number of hydrogen-bond acceptors (Lipinski definition) is 3. The molecule has 0 atom stereocenters. The molecule has 0 aliphatic heterocycles. The van der Waals surface area contributed by atoms with Crippen molar-refractivity contribution in [3.05, 3.63) is 51.2 Å². The predicted molar refractivity (Wildman–Crippen MR) is 68.9 cm³/mol. The molecule has 90 valence electrons. The molecule has 0 unspecified atom stereocenters. The van der Waals surface area contributed by atoms with Crippen molar-refractivity contribution in [3.63, 3.8) is 0 Å². The lowest BCUT2D eigenvalue weighted by Crippen LogP contribution is -2.17. The standard InChI is InChI=1S/C12H12ClFN2S/c13-11-2-1-3-12(14)10(11)6-15-5-4-9-7-17-8-16-9/h1-3,7-8,15H,4-6H2. The number of nitrogens with one attached hydrogen (secondary N) is 1. The molecule has 0 spiro atoms. The van der Waals surface area contributed by atoms with Gasteiger partial charge in [-0.2, -0.15) is 0 Å². The van der Waals surface area contributed by atoms with Crippen LogP contribution < -0.4 is 5.32 Å². The Hall–Kier alpha value is -0.970. The van der Waals surface area contributed by atoms with Gasteiger partial charge >= 0.3 is 0 Å². The highest BCUT2D eigenvalue weighted by Gasteiger charge is 2.05. The van der Waals surface area contributed by atoms with E-state index >= 15 is 0 Å². The molecule has 0 saturated heterocycles. The van der Waals surface area contributed by atoms with Crippen LogP contribution >= 0.6 is 22.9 Å². The highest BCUT2D eigenvalue weighted by molar-refractivity contribution is 7.07. The number of hydrogen-bond donors (Lipinski definition) is 1. The summed E-state index contributed by atoms with van der Waals surface area (Å²) < 4.78 is 13.4. The smallest absolute Gasteiger partial charge is 0.129 e. The third-order valence-electron chi connectivity index (χ3n) is 2.40. The lowest BCUT2D eigenvalue weighted by molar-refractivity contribution is 0.588. The Morgan fingerprint density at radius 1 is 1.41 bits per heavy atom. The lowest BCUT2D eigenvalue weighted by atomic mass is 10.2. The van der Waals surface area contributed by atoms with E-state index in [1.807, 2.05) is 10.9 Å². The topological polar surface area (TPSA) is 24.9 Å². The largest absolute Gasteiger partial charge is 0.312 e. The van der Waals surface area contributed by atoms with Crippen LogP contribution in [-0.2, 0) is 13.0 Å². The van der Waals surface area contributed by atoms with Gasteiger partial charge in [-0.25, -0.2) is 9.37 Å². The highest BCUT2D eigenvalue weighted by atomic mass is 35.5. The van der Waals surface area contributed by atoms with Gasteiger partial charge in [-0.05, 0) is 12.1 Å². The zero-order chi connectivity index (χ0) is 12.1. The van der Waals surface area contributed by atoms with Crippen molar-refractivity contribution < 1.29 is 4.39 Å². The van der Waals surface area contributed by atoms with Gasteiger partial charge < -0.3 is 5.32 Å². The van der Waals surface area contributed by atoms with Gasteiger partial charge in [-0.15, -0.1) is 11.3 Å². The fourth-order valence-electron chi connectivity index (χ4n) is 1.49. The average molecular weight is 271 g/mol. The average Bonchev–Trinajstić information content (AvgIpc) is 2.80. The lowest BCUT2D eigenvalue weighted by Gasteiger charge is -2.07. The van der Waals surface area contributed by atoms with Gasteiger partial charge in [0.05, 0.1) is 11.2 Å². The molecule has 1 heterocycles. The molecule has 0 amide bonds. The maximum Gasteiger partial charge on any atom is 0.129 e. The fourth-order valence-corrected chi connectivity index (χ4v) is 2.31. The number of nitrogens with zero attached hydrogens (tertiary/aromatic N) is 1. The molecule has 1 N–H and O–H groups in total. The van der Waals surface area contributed by atoms with Crippen LogP contribution in [-0.4, -0.2) is 11.5 Å². The van der Waals surface area contributed by atoms with Crippen LogP contribution in [0.4, 0.5) is 4.39 Å². The summed E-state index contributed by atoms with van der Waals surface area (Å²) in [6.45, 7) is 1.20. The van der Waals surface area contributed by atoms with Crippen molar-refractivity contribution in [1.29, 1.82) is 0 Å². The maximum absolute atomic E-state index is 13.4. The number of benzene rings is 1. The van der Waals surface area contributed by atoms with Crippen LogP contribution in [0.1, 0.15) is 11.3 Å². The molecule has 0 fully saturated rings. The van der Waals surface area contributed by atoms with E-state index < -0.39 is 0 Å². The monoisotopic (exact) mass is 270 g/mol. The minimum absolute atomic E-state index is 0.265. The van der Waals surface area contributed by atoms with Gasteiger partial charge in [0.15, 0.2) is 0 Å². The third kappa shape index (κ3) is 3.49. The fraction of sp³-hybridized carbons (Fsp3) is 0.250. The van der Waals surface area contributed by atoms with Crippen LogP contribution in [0.15, 0.2) is 29.1 Å². The molecule has 0 radical (unpaired) electrons. The van der Waals surface area contributed by atoms with Crippen molar-refractivity contribution in [3.8, 4) is 0 Å². The Kier molecular flexibility index (Phi) is 4.48. The van der Waals surface area contributed by atoms with E-state index in [4.69, 9.17) is 11.6 Å². The van der Waals surface area contributed by atoms with Gasteiger partial charge in [0.2, 0.25) is 0 Å². The zero-order valence-electron chi connectivity index (χ0n) is 9.12. The van der Waals surface area contributed by atoms with Crippen LogP contribution in [0.5, 0.6) is 0 Å². The van der Waals surface area contributed by atoms with Crippen molar-refractivity contribution >= 4 is 22.9 Å². The summed E-state index contributed by atoms with van der Waals surface area (Å²) in [5.74, 6) is -0.265. The Morgan fingerprint density at radius 2 is 2.29 bits per heavy atom. The van der Waals surface area contributed by atoms with E-state index in [1.54, 1.807) is 23.5 Å². The highest BCUT2D eigenvalue weighted by Crippen LogP contribution is 2.18. The summed E-state index contributed by atoms with van der Waals surface area (Å²) in [5.41, 5.74) is 3.39. The van der Waals surface area contributed by atoms with Gasteiger partial charge in [-0.1, -0.05) is 17.7 Å². The zero-order valence-corrected chi connectivity index (χ0v) is 10.7. The van der Waals surface area contributed by atoms with Gasteiger partial charge in [0, 0.05) is 35.5 Å². The van der Waals surface area contributed by atoms with E-state index in [-0.39, 0.29) is 5.82 Å². The van der Waals surface area contributed by atoms with E-state index in [0.29, 0.717) is 17.1 Å². The summed E-state index contributed by atoms with van der Waals surface area (Å²) in [6, 6.07) is 4.72. The molecule has 0 bridgehead atoms. The number of thiazole rings is 1. The SMILES string of the molecule is Fc1cccc(Cl)c1CNCCc1cscn1. The minimum Gasteiger partial charge on any atom is -0.312 e. The molecule has 0 saturated carbocycles. The maximum atomic E-state index is 13.4. The Balaban J connectivity index is 1.82. The molecular formula is C12H12ClFN2S. The van der Waals surface area contributed by atoms with E-state index in [0.717, 1.165) is 18.7 Å². The molecule has 1 aromatic carbocycles. The molecule has 2 nitrogen and oxygen atoms in total. The quantitative estimate of drug-likeness (QED) is 0.844. The van der Waals surface area contributed by atoms with Gasteiger partial charge in [-0.3, -0.25) is 0 Å². The summed E-state index contributed by atoms with van der Waals surface area (Å²) in [6.07, 6.45) is 0.843. The second-order valence-electron chi connectivity index (χ2n) is 3.61. The first-order valence-electron chi connectivity index (χ1n) is 5.28. The van der Waals surface area contributed by atoms with E-state index in [9.17, 15) is 4.39 Å². The summed E-state index contributed by atoms with van der Waals surface area (Å²) in [7, 11) is 0. The first kappa shape index (κ1) is 12.5. The molecule has 17 heavy (non-hydrogen) atoms. The predicted octanol–water partition coefficient (Wildman–Crippen LogP) is 3.27. The first-order valence-corrected chi connectivity index (χ1v) is 6.60. The van der Waals surface area contributed by atoms with E-state index in [1.165, 1.54) is 6.07 Å². The summed E-state index contributed by atoms with van der Waals surface area (Å²) in [4.78, 5) is 4.17. The molecule has 0 aliphatic rings. The molecule has 5 heteroatoms. The Morgan fingerprint density at radius 3 is 3.00 bits per heavy atom. The summed E-state index contributed by atoms with van der Waals surface area (Å²) in [5, 5.41) is 5.64. The first-order chi connectivity index (χ1) is 8.27. The Bertz CT molecular complexity index is 453. The molecule has 1 aromatic heterocycles. The van der Waals surface area contributed by atoms with Crippen molar-refractivity contribution in [1.82, 2.24) is 10.3 Å². The van der Waals surface area contributed by atoms with Gasteiger partial charge in [0.25, 0.3) is 0 Å². The molecular weight excluding hydrogens is 259 g/mol. The van der Waals surface area contributed by atoms with Crippen molar-refractivity contribution in [2.24, 2.45) is 0 Å². The normalized spacial score (nSPS) is 10.7. The summed E-state index contributed by atoms with van der Waals surface area (Å²) >= 11 is 7.50. The molecule has 0 aliphatic carbocycles. The molecule has 2 aromatic rings. The molecule has 2 rings (SSSR count). The number of halogens is 2. The number of rotatable bonds is 5.